The van der Waals surface area contributed by atoms with E-state index in [1.54, 1.807) is 37.0 Å². The molecule has 1 aliphatic carbocycles. The highest BCUT2D eigenvalue weighted by Crippen LogP contribution is 2.26. The molecule has 4 rings (SSSR count). The minimum absolute atomic E-state index is 0.0547. The molecule has 2 atom stereocenters. The molecule has 1 amide bonds. The lowest BCUT2D eigenvalue weighted by atomic mass is 9.93. The number of hydrogen-bond donors (Lipinski definition) is 4. The number of carbonyl (C=O) groups excluding carboxylic acids is 1. The number of aliphatic hydroxyl groups excluding tert-OH is 1. The van der Waals surface area contributed by atoms with E-state index >= 15 is 0 Å². The van der Waals surface area contributed by atoms with E-state index in [1.807, 2.05) is 6.07 Å². The van der Waals surface area contributed by atoms with Crippen molar-refractivity contribution in [2.45, 2.75) is 37.8 Å². The summed E-state index contributed by atoms with van der Waals surface area (Å²) < 4.78 is 6.86. The van der Waals surface area contributed by atoms with Gasteiger partial charge in [-0.2, -0.15) is 9.61 Å². The van der Waals surface area contributed by atoms with Crippen molar-refractivity contribution in [3.63, 3.8) is 0 Å². The molecule has 158 valence electrons. The lowest BCUT2D eigenvalue weighted by Gasteiger charge is -2.26. The number of aliphatic hydroxyl groups is 1. The van der Waals surface area contributed by atoms with Crippen molar-refractivity contribution >= 4 is 28.9 Å². The quantitative estimate of drug-likeness (QED) is 0.485. The fourth-order valence-corrected chi connectivity index (χ4v) is 3.71. The Morgan fingerprint density at radius 2 is 2.23 bits per heavy atom. The van der Waals surface area contributed by atoms with Gasteiger partial charge < -0.3 is 25.8 Å². The lowest BCUT2D eigenvalue weighted by molar-refractivity contribution is 0.0851. The standard InChI is InChI=1S/C20H25N7O3/c1-21-17-10-16(25-15-7-4-8-22-20(15)30-2)26-18-14(11-23-27(17)18)19(29)24-12-5-3-6-13(28)9-12/h4,7-8,10-13,21,28H,3,5-6,9H2,1-2H3,(H,24,29)(H,25,26)/t12-,13-/m1/s1. The Morgan fingerprint density at radius 3 is 3.00 bits per heavy atom. The lowest BCUT2D eigenvalue weighted by Crippen LogP contribution is -2.39. The third kappa shape index (κ3) is 3.99. The second-order valence-electron chi connectivity index (χ2n) is 7.25. The van der Waals surface area contributed by atoms with Gasteiger partial charge in [-0.25, -0.2) is 9.97 Å². The van der Waals surface area contributed by atoms with Gasteiger partial charge in [0.15, 0.2) is 5.65 Å². The number of fused-ring (bicyclic) bond motifs is 1. The Labute approximate surface area is 173 Å². The average Bonchev–Trinajstić information content (AvgIpc) is 3.17. The van der Waals surface area contributed by atoms with Gasteiger partial charge >= 0.3 is 0 Å². The molecule has 1 saturated carbocycles. The molecule has 1 aliphatic rings. The highest BCUT2D eigenvalue weighted by atomic mass is 16.5. The van der Waals surface area contributed by atoms with Crippen molar-refractivity contribution in [1.29, 1.82) is 0 Å². The number of rotatable bonds is 6. The van der Waals surface area contributed by atoms with Crippen LogP contribution in [0.25, 0.3) is 5.65 Å². The van der Waals surface area contributed by atoms with Gasteiger partial charge in [0.1, 0.15) is 22.9 Å². The molecule has 0 radical (unpaired) electrons. The van der Waals surface area contributed by atoms with E-state index in [1.165, 1.54) is 6.20 Å². The van der Waals surface area contributed by atoms with Crippen LogP contribution in [0.4, 0.5) is 17.3 Å². The molecule has 3 aromatic heterocycles. The van der Waals surface area contributed by atoms with E-state index in [9.17, 15) is 9.90 Å². The van der Waals surface area contributed by atoms with Crippen molar-refractivity contribution in [1.82, 2.24) is 24.9 Å². The Balaban J connectivity index is 1.65. The second-order valence-corrected chi connectivity index (χ2v) is 7.25. The summed E-state index contributed by atoms with van der Waals surface area (Å²) in [6.07, 6.45) is 5.87. The number of hydrogen-bond acceptors (Lipinski definition) is 8. The largest absolute Gasteiger partial charge is 0.480 e. The van der Waals surface area contributed by atoms with Crippen LogP contribution in [0.5, 0.6) is 5.88 Å². The zero-order chi connectivity index (χ0) is 21.1. The molecular formula is C20H25N7O3. The molecule has 4 N–H and O–H groups in total. The molecular weight excluding hydrogens is 386 g/mol. The van der Waals surface area contributed by atoms with E-state index < -0.39 is 0 Å². The maximum Gasteiger partial charge on any atom is 0.256 e. The summed E-state index contributed by atoms with van der Waals surface area (Å²) in [6, 6.07) is 5.35. The van der Waals surface area contributed by atoms with Crippen LogP contribution in [0, 0.1) is 0 Å². The molecule has 0 bridgehead atoms. The highest BCUT2D eigenvalue weighted by Gasteiger charge is 2.24. The van der Waals surface area contributed by atoms with Crippen LogP contribution in [0.3, 0.4) is 0 Å². The summed E-state index contributed by atoms with van der Waals surface area (Å²) in [5, 5.41) is 23.5. The highest BCUT2D eigenvalue weighted by molar-refractivity contribution is 6.00. The summed E-state index contributed by atoms with van der Waals surface area (Å²) in [5.74, 6) is 1.36. The van der Waals surface area contributed by atoms with E-state index in [4.69, 9.17) is 4.74 Å². The van der Waals surface area contributed by atoms with Crippen LogP contribution in [0.15, 0.2) is 30.6 Å². The van der Waals surface area contributed by atoms with Crippen LogP contribution in [-0.2, 0) is 0 Å². The normalized spacial score (nSPS) is 18.8. The molecule has 1 fully saturated rings. The molecule has 0 spiro atoms. The van der Waals surface area contributed by atoms with Crippen molar-refractivity contribution in [3.05, 3.63) is 36.2 Å². The van der Waals surface area contributed by atoms with E-state index in [2.05, 4.69) is 31.0 Å². The van der Waals surface area contributed by atoms with Gasteiger partial charge in [0.05, 0.1) is 19.4 Å². The van der Waals surface area contributed by atoms with E-state index in [-0.39, 0.29) is 18.1 Å². The van der Waals surface area contributed by atoms with Gasteiger partial charge in [-0.15, -0.1) is 0 Å². The third-order valence-electron chi connectivity index (χ3n) is 5.18. The van der Waals surface area contributed by atoms with Crippen molar-refractivity contribution in [2.24, 2.45) is 0 Å². The number of anilines is 3. The monoisotopic (exact) mass is 411 g/mol. The van der Waals surface area contributed by atoms with Crippen LogP contribution >= 0.6 is 0 Å². The van der Waals surface area contributed by atoms with Crippen LogP contribution in [0.2, 0.25) is 0 Å². The number of methoxy groups -OCH3 is 1. The minimum atomic E-state index is -0.368. The van der Waals surface area contributed by atoms with Gasteiger partial charge in [0.2, 0.25) is 5.88 Å². The molecule has 0 aliphatic heterocycles. The predicted molar refractivity (Wildman–Crippen MR) is 112 cm³/mol. The number of ether oxygens (including phenoxy) is 1. The first kappa shape index (κ1) is 19.9. The topological polar surface area (TPSA) is 126 Å². The van der Waals surface area contributed by atoms with E-state index in [0.717, 1.165) is 19.3 Å². The SMILES string of the molecule is CNc1cc(Nc2cccnc2OC)nc2c(C(=O)N[C@@H]3CCC[C@@H](O)C3)cnn12. The molecule has 0 unspecified atom stereocenters. The predicted octanol–water partition coefficient (Wildman–Crippen LogP) is 1.95. The van der Waals surface area contributed by atoms with Gasteiger partial charge in [-0.3, -0.25) is 4.79 Å². The van der Waals surface area contributed by atoms with Crippen molar-refractivity contribution < 1.29 is 14.6 Å². The summed E-state index contributed by atoms with van der Waals surface area (Å²) in [6.45, 7) is 0. The molecule has 30 heavy (non-hydrogen) atoms. The summed E-state index contributed by atoms with van der Waals surface area (Å²) in [4.78, 5) is 21.7. The van der Waals surface area contributed by atoms with Gasteiger partial charge in [0, 0.05) is 25.4 Å². The van der Waals surface area contributed by atoms with Crippen LogP contribution in [0.1, 0.15) is 36.0 Å². The zero-order valence-corrected chi connectivity index (χ0v) is 16.9. The summed E-state index contributed by atoms with van der Waals surface area (Å²) in [5.41, 5.74) is 1.44. The van der Waals surface area contributed by atoms with Gasteiger partial charge in [0.25, 0.3) is 5.91 Å². The van der Waals surface area contributed by atoms with E-state index in [0.29, 0.717) is 40.8 Å². The van der Waals surface area contributed by atoms with Crippen LogP contribution < -0.4 is 20.7 Å². The fourth-order valence-electron chi connectivity index (χ4n) is 3.71. The number of nitrogens with zero attached hydrogens (tertiary/aromatic N) is 4. The maximum atomic E-state index is 12.9. The average molecular weight is 411 g/mol. The Bertz CT molecular complexity index is 1050. The van der Waals surface area contributed by atoms with Gasteiger partial charge in [-0.1, -0.05) is 0 Å². The molecule has 10 heteroatoms. The fraction of sp³-hybridized carbons (Fsp3) is 0.400. The molecule has 3 aromatic rings. The summed E-state index contributed by atoms with van der Waals surface area (Å²) in [7, 11) is 3.32. The van der Waals surface area contributed by atoms with Crippen molar-refractivity contribution in [3.8, 4) is 5.88 Å². The first-order valence-corrected chi connectivity index (χ1v) is 9.90. The van der Waals surface area contributed by atoms with Crippen LogP contribution in [-0.4, -0.2) is 56.9 Å². The number of carbonyl (C=O) groups is 1. The third-order valence-corrected chi connectivity index (χ3v) is 5.18. The molecule has 3 heterocycles. The van der Waals surface area contributed by atoms with Gasteiger partial charge in [-0.05, 0) is 37.8 Å². The molecule has 10 nitrogen and oxygen atoms in total. The Hall–Kier alpha value is -3.40. The Morgan fingerprint density at radius 1 is 1.37 bits per heavy atom. The molecule has 0 aromatic carbocycles. The maximum absolute atomic E-state index is 12.9. The minimum Gasteiger partial charge on any atom is -0.480 e. The second kappa shape index (κ2) is 8.54. The smallest absolute Gasteiger partial charge is 0.256 e. The number of amides is 1. The first-order valence-electron chi connectivity index (χ1n) is 9.90. The molecule has 0 saturated heterocycles. The summed E-state index contributed by atoms with van der Waals surface area (Å²) >= 11 is 0. The zero-order valence-electron chi connectivity index (χ0n) is 16.9. The number of pyridine rings is 1. The van der Waals surface area contributed by atoms with Crippen molar-refractivity contribution in [2.75, 3.05) is 24.8 Å². The number of aromatic nitrogens is 4. The first-order chi connectivity index (χ1) is 14.6. The Kier molecular flexibility index (Phi) is 5.66. The number of nitrogens with one attached hydrogen (secondary N) is 3.